The highest BCUT2D eigenvalue weighted by Crippen LogP contribution is 2.54. The van der Waals surface area contributed by atoms with Crippen molar-refractivity contribution in [3.63, 3.8) is 0 Å². The highest BCUT2D eigenvalue weighted by Gasteiger charge is 2.28. The van der Waals surface area contributed by atoms with Crippen LogP contribution in [0.3, 0.4) is 0 Å². The van der Waals surface area contributed by atoms with E-state index < -0.39 is 10.3 Å². The summed E-state index contributed by atoms with van der Waals surface area (Å²) in [7, 11) is -1.17. The normalized spacial score (nSPS) is 12.4. The molecular formula is C24H34N6OS. The van der Waals surface area contributed by atoms with E-state index in [2.05, 4.69) is 71.0 Å². The average molecular weight is 455 g/mol. The van der Waals surface area contributed by atoms with Crippen molar-refractivity contribution >= 4 is 27.8 Å². The van der Waals surface area contributed by atoms with Crippen LogP contribution in [0.25, 0.3) is 11.3 Å². The molecule has 0 spiro atoms. The first-order valence-electron chi connectivity index (χ1n) is 10.6. The number of benzene rings is 1. The summed E-state index contributed by atoms with van der Waals surface area (Å²) < 4.78 is 6.43. The maximum absolute atomic E-state index is 6.30. The Kier molecular flexibility index (Phi) is 7.71. The molecule has 0 aliphatic carbocycles. The van der Waals surface area contributed by atoms with Crippen LogP contribution in [0.15, 0.2) is 54.9 Å². The van der Waals surface area contributed by atoms with Crippen molar-refractivity contribution in [2.45, 2.75) is 32.1 Å². The SMILES string of the molecule is CC(C)(C)S(C)(C)OCc1cccc(Nc2nccc(-c3ccc(NCCN)nc3)n2)c1. The van der Waals surface area contributed by atoms with Crippen LogP contribution >= 0.6 is 10.3 Å². The molecule has 1 aromatic carbocycles. The summed E-state index contributed by atoms with van der Waals surface area (Å²) in [5.74, 6) is 1.33. The number of nitrogens with zero attached hydrogens (tertiary/aromatic N) is 3. The lowest BCUT2D eigenvalue weighted by atomic mass is 10.2. The van der Waals surface area contributed by atoms with Crippen molar-refractivity contribution in [1.82, 2.24) is 15.0 Å². The zero-order valence-electron chi connectivity index (χ0n) is 19.6. The van der Waals surface area contributed by atoms with E-state index >= 15 is 0 Å². The van der Waals surface area contributed by atoms with Gasteiger partial charge < -0.3 is 20.6 Å². The Morgan fingerprint density at radius 2 is 1.88 bits per heavy atom. The van der Waals surface area contributed by atoms with Crippen LogP contribution in [0.5, 0.6) is 0 Å². The summed E-state index contributed by atoms with van der Waals surface area (Å²) in [5, 5.41) is 6.46. The first-order chi connectivity index (χ1) is 15.2. The molecule has 0 atom stereocenters. The van der Waals surface area contributed by atoms with Gasteiger partial charge in [-0.25, -0.2) is 15.0 Å². The zero-order valence-corrected chi connectivity index (χ0v) is 20.4. The van der Waals surface area contributed by atoms with E-state index in [0.29, 0.717) is 25.6 Å². The van der Waals surface area contributed by atoms with Gasteiger partial charge in [0.05, 0.1) is 12.3 Å². The Bertz CT molecular complexity index is 1020. The molecule has 2 aromatic heterocycles. The van der Waals surface area contributed by atoms with Gasteiger partial charge in [0.1, 0.15) is 5.82 Å². The van der Waals surface area contributed by atoms with Gasteiger partial charge in [0, 0.05) is 41.5 Å². The number of pyridine rings is 1. The fourth-order valence-electron chi connectivity index (χ4n) is 2.69. The molecule has 7 nitrogen and oxygen atoms in total. The largest absolute Gasteiger partial charge is 0.369 e. The molecule has 0 aliphatic rings. The predicted molar refractivity (Wildman–Crippen MR) is 137 cm³/mol. The fourth-order valence-corrected chi connectivity index (χ4v) is 3.47. The lowest BCUT2D eigenvalue weighted by Crippen LogP contribution is -2.24. The minimum absolute atomic E-state index is 0.130. The van der Waals surface area contributed by atoms with Gasteiger partial charge in [-0.05, 0) is 48.4 Å². The highest BCUT2D eigenvalue weighted by molar-refractivity contribution is 8.29. The summed E-state index contributed by atoms with van der Waals surface area (Å²) in [6.07, 6.45) is 7.96. The Morgan fingerprint density at radius 3 is 2.56 bits per heavy atom. The molecule has 3 aromatic rings. The summed E-state index contributed by atoms with van der Waals surface area (Å²) in [5.41, 5.74) is 9.27. The Balaban J connectivity index is 1.68. The van der Waals surface area contributed by atoms with Gasteiger partial charge >= 0.3 is 0 Å². The first-order valence-corrected chi connectivity index (χ1v) is 13.0. The van der Waals surface area contributed by atoms with Gasteiger partial charge in [0.15, 0.2) is 0 Å². The predicted octanol–water partition coefficient (Wildman–Crippen LogP) is 4.95. The molecule has 0 saturated carbocycles. The van der Waals surface area contributed by atoms with E-state index in [1.165, 1.54) is 0 Å². The van der Waals surface area contributed by atoms with Crippen LogP contribution < -0.4 is 16.4 Å². The van der Waals surface area contributed by atoms with Gasteiger partial charge in [-0.3, -0.25) is 0 Å². The number of nitrogens with two attached hydrogens (primary N) is 1. The van der Waals surface area contributed by atoms with Gasteiger partial charge in [0.25, 0.3) is 0 Å². The molecule has 0 fully saturated rings. The van der Waals surface area contributed by atoms with E-state index in [1.54, 1.807) is 12.4 Å². The quantitative estimate of drug-likeness (QED) is 0.421. The third-order valence-corrected chi connectivity index (χ3v) is 9.00. The number of hydrogen-bond donors (Lipinski definition) is 3. The second-order valence-corrected chi connectivity index (χ2v) is 12.8. The number of nitrogens with one attached hydrogen (secondary N) is 2. The Hall–Kier alpha value is -2.68. The van der Waals surface area contributed by atoms with E-state index in [-0.39, 0.29) is 4.75 Å². The smallest absolute Gasteiger partial charge is 0.227 e. The van der Waals surface area contributed by atoms with Crippen molar-refractivity contribution in [2.24, 2.45) is 5.73 Å². The third-order valence-electron chi connectivity index (χ3n) is 5.34. The van der Waals surface area contributed by atoms with Gasteiger partial charge in [-0.15, -0.1) is 10.3 Å². The summed E-state index contributed by atoms with van der Waals surface area (Å²) in [4.78, 5) is 13.4. The Labute approximate surface area is 192 Å². The molecule has 0 bridgehead atoms. The topological polar surface area (TPSA) is 98.0 Å². The molecular weight excluding hydrogens is 420 g/mol. The van der Waals surface area contributed by atoms with Crippen molar-refractivity contribution in [3.05, 3.63) is 60.4 Å². The van der Waals surface area contributed by atoms with Gasteiger partial charge in [-0.2, -0.15) is 0 Å². The van der Waals surface area contributed by atoms with E-state index in [0.717, 1.165) is 28.3 Å². The minimum atomic E-state index is -1.17. The summed E-state index contributed by atoms with van der Waals surface area (Å²) in [6.45, 7) is 8.51. The van der Waals surface area contributed by atoms with Gasteiger partial charge in [0.2, 0.25) is 5.95 Å². The van der Waals surface area contributed by atoms with E-state index in [1.807, 2.05) is 30.3 Å². The van der Waals surface area contributed by atoms with E-state index in [9.17, 15) is 0 Å². The standard InChI is InChI=1S/C24H34N6OS/c1-24(2,3)32(4,5)31-17-18-7-6-8-20(15-18)29-23-27-13-11-21(30-23)19-9-10-22(28-16-19)26-14-12-25/h6-11,13,15-16H,12,14,17,25H2,1-5H3,(H,26,28)(H,27,29,30). The number of aromatic nitrogens is 3. The second kappa shape index (κ2) is 10.3. The van der Waals surface area contributed by atoms with Crippen LogP contribution in [0, 0.1) is 0 Å². The maximum Gasteiger partial charge on any atom is 0.227 e. The van der Waals surface area contributed by atoms with Crippen LogP contribution in [-0.2, 0) is 10.8 Å². The molecule has 0 amide bonds. The maximum atomic E-state index is 6.30. The molecule has 3 rings (SSSR count). The first kappa shape index (κ1) is 24.0. The molecule has 172 valence electrons. The van der Waals surface area contributed by atoms with Crippen molar-refractivity contribution < 1.29 is 4.18 Å². The third kappa shape index (κ3) is 6.41. The molecule has 4 N–H and O–H groups in total. The van der Waals surface area contributed by atoms with Crippen LogP contribution in [-0.4, -0.2) is 45.3 Å². The fraction of sp³-hybridized carbons (Fsp3) is 0.375. The molecule has 2 heterocycles. The molecule has 0 aliphatic heterocycles. The number of anilines is 3. The highest BCUT2D eigenvalue weighted by atomic mass is 32.3. The van der Waals surface area contributed by atoms with Crippen molar-refractivity contribution in [3.8, 4) is 11.3 Å². The summed E-state index contributed by atoms with van der Waals surface area (Å²) >= 11 is 0. The molecule has 0 unspecified atom stereocenters. The molecule has 0 saturated heterocycles. The van der Waals surface area contributed by atoms with Gasteiger partial charge in [-0.1, -0.05) is 32.9 Å². The van der Waals surface area contributed by atoms with Crippen molar-refractivity contribution in [1.29, 1.82) is 0 Å². The molecule has 0 radical (unpaired) electrons. The van der Waals surface area contributed by atoms with Crippen LogP contribution in [0.2, 0.25) is 0 Å². The van der Waals surface area contributed by atoms with E-state index in [4.69, 9.17) is 9.92 Å². The van der Waals surface area contributed by atoms with Crippen LogP contribution in [0.1, 0.15) is 26.3 Å². The monoisotopic (exact) mass is 454 g/mol. The molecule has 8 heteroatoms. The Morgan fingerprint density at radius 1 is 1.06 bits per heavy atom. The summed E-state index contributed by atoms with van der Waals surface area (Å²) in [6, 6.07) is 13.9. The second-order valence-electron chi connectivity index (χ2n) is 8.85. The lowest BCUT2D eigenvalue weighted by molar-refractivity contribution is 0.339. The minimum Gasteiger partial charge on any atom is -0.369 e. The lowest BCUT2D eigenvalue weighted by Gasteiger charge is -2.43. The van der Waals surface area contributed by atoms with Crippen molar-refractivity contribution in [2.75, 3.05) is 36.2 Å². The van der Waals surface area contributed by atoms with Crippen LogP contribution in [0.4, 0.5) is 17.5 Å². The molecule has 32 heavy (non-hydrogen) atoms. The zero-order chi connectivity index (χ0) is 23.2. The number of rotatable bonds is 9. The number of hydrogen-bond acceptors (Lipinski definition) is 7. The average Bonchev–Trinajstić information content (AvgIpc) is 2.76.